The molecular weight excluding hydrogens is 326 g/mol. The van der Waals surface area contributed by atoms with Crippen LogP contribution >= 0.6 is 11.6 Å². The van der Waals surface area contributed by atoms with Gasteiger partial charge in [-0.2, -0.15) is 0 Å². The van der Waals surface area contributed by atoms with Crippen molar-refractivity contribution in [2.45, 2.75) is 26.3 Å². The fourth-order valence-corrected chi connectivity index (χ4v) is 3.44. The summed E-state index contributed by atoms with van der Waals surface area (Å²) in [5.74, 6) is 0.0763. The van der Waals surface area contributed by atoms with Gasteiger partial charge in [-0.1, -0.05) is 11.6 Å². The maximum atomic E-state index is 12.4. The molecule has 1 amide bonds. The number of fused-ring (bicyclic) bond motifs is 1. The van der Waals surface area contributed by atoms with Crippen LogP contribution in [0.25, 0.3) is 10.9 Å². The molecule has 2 heterocycles. The van der Waals surface area contributed by atoms with Crippen LogP contribution in [0, 0.1) is 6.92 Å². The fraction of sp³-hybridized carbons (Fsp3) is 0.500. The van der Waals surface area contributed by atoms with Crippen LogP contribution in [-0.4, -0.2) is 54.7 Å². The number of aryl methyl sites for hydroxylation is 1. The topological polar surface area (TPSA) is 57.4 Å². The fourth-order valence-electron chi connectivity index (χ4n) is 3.27. The summed E-state index contributed by atoms with van der Waals surface area (Å²) in [6.07, 6.45) is 0.785. The Hall–Kier alpha value is -1.56. The molecule has 1 atom stereocenters. The van der Waals surface area contributed by atoms with Crippen LogP contribution in [0.1, 0.15) is 18.2 Å². The largest absolute Gasteiger partial charge is 0.379 e. The van der Waals surface area contributed by atoms with Crippen LogP contribution < -0.4 is 5.32 Å². The van der Waals surface area contributed by atoms with E-state index in [1.165, 1.54) is 5.56 Å². The van der Waals surface area contributed by atoms with E-state index in [1.807, 2.05) is 25.1 Å². The number of hydrogen-bond acceptors (Lipinski definition) is 3. The van der Waals surface area contributed by atoms with Crippen molar-refractivity contribution in [1.29, 1.82) is 0 Å². The highest BCUT2D eigenvalue weighted by molar-refractivity contribution is 6.31. The lowest BCUT2D eigenvalue weighted by atomic mass is 10.1. The molecule has 0 bridgehead atoms. The van der Waals surface area contributed by atoms with E-state index in [-0.39, 0.29) is 11.9 Å². The SMILES string of the molecule is Cc1[nH]c2ccc(Cl)cc2c1CCNC(=O)[C@@H](C)N1CCOCC1. The van der Waals surface area contributed by atoms with Crippen molar-refractivity contribution in [2.24, 2.45) is 0 Å². The maximum Gasteiger partial charge on any atom is 0.237 e. The van der Waals surface area contributed by atoms with Crippen LogP contribution in [0.5, 0.6) is 0 Å². The van der Waals surface area contributed by atoms with Gasteiger partial charge in [-0.3, -0.25) is 9.69 Å². The first-order chi connectivity index (χ1) is 11.6. The Kier molecular flexibility index (Phi) is 5.43. The van der Waals surface area contributed by atoms with Crippen LogP contribution in [0.15, 0.2) is 18.2 Å². The molecule has 0 spiro atoms. The molecule has 2 aromatic rings. The lowest BCUT2D eigenvalue weighted by Gasteiger charge is -2.31. The Morgan fingerprint density at radius 3 is 2.92 bits per heavy atom. The van der Waals surface area contributed by atoms with Crippen LogP contribution in [0.2, 0.25) is 5.02 Å². The predicted molar refractivity (Wildman–Crippen MR) is 96.6 cm³/mol. The molecule has 0 aliphatic carbocycles. The molecule has 0 saturated carbocycles. The quantitative estimate of drug-likeness (QED) is 0.872. The van der Waals surface area contributed by atoms with Gasteiger partial charge in [0.25, 0.3) is 0 Å². The van der Waals surface area contributed by atoms with E-state index in [2.05, 4.69) is 22.1 Å². The molecule has 1 aliphatic heterocycles. The van der Waals surface area contributed by atoms with E-state index >= 15 is 0 Å². The zero-order valence-corrected chi connectivity index (χ0v) is 14.9. The number of H-pyrrole nitrogens is 1. The van der Waals surface area contributed by atoms with Gasteiger partial charge in [-0.15, -0.1) is 0 Å². The van der Waals surface area contributed by atoms with Gasteiger partial charge < -0.3 is 15.0 Å². The van der Waals surface area contributed by atoms with Gasteiger partial charge in [0.05, 0.1) is 19.3 Å². The first-order valence-corrected chi connectivity index (χ1v) is 8.80. The average Bonchev–Trinajstić information content (AvgIpc) is 2.90. The van der Waals surface area contributed by atoms with Crippen molar-refractivity contribution in [3.63, 3.8) is 0 Å². The van der Waals surface area contributed by atoms with E-state index in [1.54, 1.807) is 0 Å². The molecular formula is C18H24ClN3O2. The molecule has 0 radical (unpaired) electrons. The Morgan fingerprint density at radius 2 is 2.17 bits per heavy atom. The minimum Gasteiger partial charge on any atom is -0.379 e. The summed E-state index contributed by atoms with van der Waals surface area (Å²) >= 11 is 6.11. The zero-order chi connectivity index (χ0) is 17.1. The van der Waals surface area contributed by atoms with Gasteiger partial charge >= 0.3 is 0 Å². The van der Waals surface area contributed by atoms with Gasteiger partial charge in [0.15, 0.2) is 0 Å². The van der Waals surface area contributed by atoms with Crippen LogP contribution in [-0.2, 0) is 16.0 Å². The monoisotopic (exact) mass is 349 g/mol. The number of halogens is 1. The zero-order valence-electron chi connectivity index (χ0n) is 14.2. The number of morpholine rings is 1. The Labute approximate surface area is 147 Å². The number of benzene rings is 1. The van der Waals surface area contributed by atoms with E-state index in [0.29, 0.717) is 19.8 Å². The second kappa shape index (κ2) is 7.55. The molecule has 5 nitrogen and oxygen atoms in total. The maximum absolute atomic E-state index is 12.4. The van der Waals surface area contributed by atoms with Crippen molar-refractivity contribution >= 4 is 28.4 Å². The summed E-state index contributed by atoms with van der Waals surface area (Å²) in [4.78, 5) is 17.9. The van der Waals surface area contributed by atoms with Crippen molar-refractivity contribution in [3.05, 3.63) is 34.5 Å². The Morgan fingerprint density at radius 1 is 1.42 bits per heavy atom. The molecule has 1 aliphatic rings. The molecule has 1 saturated heterocycles. The van der Waals surface area contributed by atoms with E-state index in [4.69, 9.17) is 16.3 Å². The second-order valence-corrected chi connectivity index (χ2v) is 6.72. The predicted octanol–water partition coefficient (Wildman–Crippen LogP) is 2.51. The van der Waals surface area contributed by atoms with Gasteiger partial charge in [-0.25, -0.2) is 0 Å². The third-order valence-corrected chi connectivity index (χ3v) is 4.96. The van der Waals surface area contributed by atoms with Gasteiger partial charge in [0, 0.05) is 41.3 Å². The van der Waals surface area contributed by atoms with Crippen molar-refractivity contribution in [2.75, 3.05) is 32.8 Å². The third kappa shape index (κ3) is 3.74. The molecule has 1 aromatic heterocycles. The molecule has 2 N–H and O–H groups in total. The lowest BCUT2D eigenvalue weighted by Crippen LogP contribution is -2.49. The summed E-state index contributed by atoms with van der Waals surface area (Å²) < 4.78 is 5.34. The smallest absolute Gasteiger partial charge is 0.237 e. The number of aromatic nitrogens is 1. The van der Waals surface area contributed by atoms with Crippen molar-refractivity contribution < 1.29 is 9.53 Å². The second-order valence-electron chi connectivity index (χ2n) is 6.28. The number of ether oxygens (including phenoxy) is 1. The summed E-state index contributed by atoms with van der Waals surface area (Å²) in [7, 11) is 0. The van der Waals surface area contributed by atoms with Crippen molar-refractivity contribution in [3.8, 4) is 0 Å². The minimum atomic E-state index is -0.118. The molecule has 1 fully saturated rings. The molecule has 0 unspecified atom stereocenters. The summed E-state index contributed by atoms with van der Waals surface area (Å²) in [6, 6.07) is 5.74. The highest BCUT2D eigenvalue weighted by atomic mass is 35.5. The van der Waals surface area contributed by atoms with Gasteiger partial charge in [0.1, 0.15) is 0 Å². The normalized spacial score (nSPS) is 17.1. The molecule has 3 rings (SSSR count). The summed E-state index contributed by atoms with van der Waals surface area (Å²) in [5, 5.41) is 4.92. The van der Waals surface area contributed by atoms with Crippen LogP contribution in [0.3, 0.4) is 0 Å². The number of carbonyl (C=O) groups excluding carboxylic acids is 1. The van der Waals surface area contributed by atoms with E-state index < -0.39 is 0 Å². The van der Waals surface area contributed by atoms with E-state index in [0.717, 1.165) is 41.1 Å². The van der Waals surface area contributed by atoms with E-state index in [9.17, 15) is 4.79 Å². The molecule has 130 valence electrons. The summed E-state index contributed by atoms with van der Waals surface area (Å²) in [6.45, 7) is 7.66. The molecule has 6 heteroatoms. The lowest BCUT2D eigenvalue weighted by molar-refractivity contribution is -0.127. The number of nitrogens with one attached hydrogen (secondary N) is 2. The van der Waals surface area contributed by atoms with Gasteiger partial charge in [-0.05, 0) is 44.0 Å². The Balaban J connectivity index is 1.59. The first kappa shape index (κ1) is 17.3. The number of nitrogens with zero attached hydrogens (tertiary/aromatic N) is 1. The van der Waals surface area contributed by atoms with Gasteiger partial charge in [0.2, 0.25) is 5.91 Å². The molecule has 1 aromatic carbocycles. The Bertz CT molecular complexity index is 722. The van der Waals surface area contributed by atoms with Crippen LogP contribution in [0.4, 0.5) is 0 Å². The summed E-state index contributed by atoms with van der Waals surface area (Å²) in [5.41, 5.74) is 3.43. The number of carbonyl (C=O) groups is 1. The minimum absolute atomic E-state index is 0.0763. The highest BCUT2D eigenvalue weighted by Gasteiger charge is 2.22. The van der Waals surface area contributed by atoms with Crippen molar-refractivity contribution in [1.82, 2.24) is 15.2 Å². The number of hydrogen-bond donors (Lipinski definition) is 2. The standard InChI is InChI=1S/C18H24ClN3O2/c1-12-15(16-11-14(19)3-4-17(16)21-12)5-6-20-18(23)13(2)22-7-9-24-10-8-22/h3-4,11,13,21H,5-10H2,1-2H3,(H,20,23)/t13-/m1/s1. The molecule has 24 heavy (non-hydrogen) atoms. The average molecular weight is 350 g/mol. The highest BCUT2D eigenvalue weighted by Crippen LogP contribution is 2.25. The third-order valence-electron chi connectivity index (χ3n) is 4.73. The number of amides is 1. The number of rotatable bonds is 5. The first-order valence-electron chi connectivity index (χ1n) is 8.42. The number of aromatic amines is 1.